The minimum absolute atomic E-state index is 0.116. The number of rotatable bonds is 17. The number of ether oxygens (including phenoxy) is 1. The molecule has 0 aliphatic rings. The molecule has 0 unspecified atom stereocenters. The van der Waals surface area contributed by atoms with E-state index >= 15 is 0 Å². The van der Waals surface area contributed by atoms with E-state index in [9.17, 15) is 20.1 Å². The summed E-state index contributed by atoms with van der Waals surface area (Å²) in [6.45, 7) is 2.56. The summed E-state index contributed by atoms with van der Waals surface area (Å²) in [7, 11) is 0. The zero-order valence-electron chi connectivity index (χ0n) is 15.0. The SMILES string of the molecule is CCCCCCCCCCCCOC[C@@H](O)[C@H](O)[C@H](O)[C@@H](O)C=O. The second-order valence-corrected chi connectivity index (χ2v) is 6.43. The lowest BCUT2D eigenvalue weighted by molar-refractivity contribution is -0.138. The quantitative estimate of drug-likeness (QED) is 0.235. The van der Waals surface area contributed by atoms with E-state index in [1.54, 1.807) is 0 Å². The summed E-state index contributed by atoms with van der Waals surface area (Å²) in [5.41, 5.74) is 0. The molecule has 4 atom stereocenters. The highest BCUT2D eigenvalue weighted by Crippen LogP contribution is 2.11. The van der Waals surface area contributed by atoms with Crippen molar-refractivity contribution in [2.75, 3.05) is 13.2 Å². The third kappa shape index (κ3) is 11.9. The molecule has 144 valence electrons. The summed E-state index contributed by atoms with van der Waals surface area (Å²) in [5, 5.41) is 37.7. The summed E-state index contributed by atoms with van der Waals surface area (Å²) >= 11 is 0. The Labute approximate surface area is 145 Å². The molecule has 0 radical (unpaired) electrons. The van der Waals surface area contributed by atoms with Gasteiger partial charge in [0, 0.05) is 6.61 Å². The van der Waals surface area contributed by atoms with Gasteiger partial charge in [-0.3, -0.25) is 0 Å². The van der Waals surface area contributed by atoms with Gasteiger partial charge >= 0.3 is 0 Å². The predicted molar refractivity (Wildman–Crippen MR) is 92.8 cm³/mol. The van der Waals surface area contributed by atoms with E-state index in [2.05, 4.69) is 6.92 Å². The maximum atomic E-state index is 10.3. The van der Waals surface area contributed by atoms with Gasteiger partial charge in [0.25, 0.3) is 0 Å². The monoisotopic (exact) mass is 348 g/mol. The van der Waals surface area contributed by atoms with Crippen LogP contribution in [0.2, 0.25) is 0 Å². The Hall–Kier alpha value is -0.530. The van der Waals surface area contributed by atoms with Gasteiger partial charge in [0.2, 0.25) is 0 Å². The van der Waals surface area contributed by atoms with Crippen LogP contribution in [0.25, 0.3) is 0 Å². The van der Waals surface area contributed by atoms with Crippen LogP contribution in [-0.2, 0) is 9.53 Å². The zero-order valence-corrected chi connectivity index (χ0v) is 15.0. The van der Waals surface area contributed by atoms with Crippen LogP contribution in [0.3, 0.4) is 0 Å². The van der Waals surface area contributed by atoms with Gasteiger partial charge < -0.3 is 30.0 Å². The first-order valence-corrected chi connectivity index (χ1v) is 9.29. The van der Waals surface area contributed by atoms with Gasteiger partial charge in [0.15, 0.2) is 6.29 Å². The molecule has 0 aromatic carbocycles. The molecule has 6 heteroatoms. The standard InChI is InChI=1S/C18H36O6/c1-2-3-4-5-6-7-8-9-10-11-12-24-14-16(21)18(23)17(22)15(20)13-19/h13,15-18,20-23H,2-12,14H2,1H3/t15-,16+,17+,18-/m0/s1. The first-order chi connectivity index (χ1) is 11.5. The lowest BCUT2D eigenvalue weighted by Crippen LogP contribution is -2.46. The maximum absolute atomic E-state index is 10.3. The van der Waals surface area contributed by atoms with Crippen LogP contribution in [0.15, 0.2) is 0 Å². The smallest absolute Gasteiger partial charge is 0.151 e. The molecule has 0 aromatic heterocycles. The van der Waals surface area contributed by atoms with Crippen LogP contribution in [0.1, 0.15) is 71.1 Å². The van der Waals surface area contributed by atoms with Crippen molar-refractivity contribution in [3.63, 3.8) is 0 Å². The van der Waals surface area contributed by atoms with E-state index in [-0.39, 0.29) is 12.9 Å². The second kappa shape index (κ2) is 16.0. The van der Waals surface area contributed by atoms with Crippen molar-refractivity contribution >= 4 is 6.29 Å². The van der Waals surface area contributed by atoms with Crippen molar-refractivity contribution in [2.24, 2.45) is 0 Å². The fourth-order valence-electron chi connectivity index (χ4n) is 2.50. The van der Waals surface area contributed by atoms with Crippen LogP contribution in [0.4, 0.5) is 0 Å². The lowest BCUT2D eigenvalue weighted by atomic mass is 10.0. The Morgan fingerprint density at radius 3 is 1.79 bits per heavy atom. The summed E-state index contributed by atoms with van der Waals surface area (Å²) in [5.74, 6) is 0. The first kappa shape index (κ1) is 23.5. The second-order valence-electron chi connectivity index (χ2n) is 6.43. The van der Waals surface area contributed by atoms with Gasteiger partial charge in [-0.2, -0.15) is 0 Å². The Morgan fingerprint density at radius 2 is 1.29 bits per heavy atom. The third-order valence-corrected chi connectivity index (χ3v) is 4.16. The van der Waals surface area contributed by atoms with Gasteiger partial charge in [0.1, 0.15) is 24.4 Å². The van der Waals surface area contributed by atoms with E-state index in [0.29, 0.717) is 6.61 Å². The van der Waals surface area contributed by atoms with Crippen LogP contribution >= 0.6 is 0 Å². The average Bonchev–Trinajstić information content (AvgIpc) is 2.60. The molecule has 0 saturated carbocycles. The average molecular weight is 348 g/mol. The molecule has 4 N–H and O–H groups in total. The van der Waals surface area contributed by atoms with Gasteiger partial charge in [-0.15, -0.1) is 0 Å². The first-order valence-electron chi connectivity index (χ1n) is 9.29. The summed E-state index contributed by atoms with van der Waals surface area (Å²) in [6, 6.07) is 0. The number of carbonyl (C=O) groups excluding carboxylic acids is 1. The Bertz CT molecular complexity index is 287. The normalized spacial score (nSPS) is 16.5. The maximum Gasteiger partial charge on any atom is 0.151 e. The summed E-state index contributed by atoms with van der Waals surface area (Å²) < 4.78 is 5.26. The zero-order chi connectivity index (χ0) is 18.2. The van der Waals surface area contributed by atoms with Gasteiger partial charge in [0.05, 0.1) is 6.61 Å². The number of aldehydes is 1. The van der Waals surface area contributed by atoms with E-state index in [1.165, 1.54) is 51.4 Å². The molecule has 0 rings (SSSR count). The number of aliphatic hydroxyl groups is 4. The molecule has 0 aliphatic carbocycles. The Kier molecular flexibility index (Phi) is 15.6. The minimum Gasteiger partial charge on any atom is -0.388 e. The number of hydrogen-bond donors (Lipinski definition) is 4. The van der Waals surface area contributed by atoms with Crippen LogP contribution in [0, 0.1) is 0 Å². The van der Waals surface area contributed by atoms with Crippen molar-refractivity contribution < 1.29 is 30.0 Å². The topological polar surface area (TPSA) is 107 Å². The van der Waals surface area contributed by atoms with E-state index < -0.39 is 24.4 Å². The molecule has 0 spiro atoms. The highest BCUT2D eigenvalue weighted by Gasteiger charge is 2.30. The van der Waals surface area contributed by atoms with Gasteiger partial charge in [-0.1, -0.05) is 64.7 Å². The van der Waals surface area contributed by atoms with Crippen LogP contribution in [0.5, 0.6) is 0 Å². The molecule has 0 heterocycles. The third-order valence-electron chi connectivity index (χ3n) is 4.16. The van der Waals surface area contributed by atoms with Gasteiger partial charge in [-0.05, 0) is 6.42 Å². The highest BCUT2D eigenvalue weighted by atomic mass is 16.5. The molecular formula is C18H36O6. The molecule has 0 fully saturated rings. The number of unbranched alkanes of at least 4 members (excludes halogenated alkanes) is 9. The van der Waals surface area contributed by atoms with Crippen molar-refractivity contribution in [3.8, 4) is 0 Å². The van der Waals surface area contributed by atoms with E-state index in [1.807, 2.05) is 0 Å². The molecule has 0 aliphatic heterocycles. The fourth-order valence-corrected chi connectivity index (χ4v) is 2.50. The van der Waals surface area contributed by atoms with E-state index in [0.717, 1.165) is 12.8 Å². The highest BCUT2D eigenvalue weighted by molar-refractivity contribution is 5.56. The predicted octanol–water partition coefficient (Wildman–Crippen LogP) is 1.57. The van der Waals surface area contributed by atoms with Crippen molar-refractivity contribution in [3.05, 3.63) is 0 Å². The summed E-state index contributed by atoms with van der Waals surface area (Å²) in [6.07, 6.45) is 6.01. The minimum atomic E-state index is -1.71. The van der Waals surface area contributed by atoms with Crippen LogP contribution < -0.4 is 0 Å². The van der Waals surface area contributed by atoms with Crippen LogP contribution in [-0.4, -0.2) is 64.3 Å². The Morgan fingerprint density at radius 1 is 0.792 bits per heavy atom. The summed E-state index contributed by atoms with van der Waals surface area (Å²) in [4.78, 5) is 10.3. The molecular weight excluding hydrogens is 312 g/mol. The molecule has 0 saturated heterocycles. The number of hydrogen-bond acceptors (Lipinski definition) is 6. The number of carbonyl (C=O) groups is 1. The van der Waals surface area contributed by atoms with E-state index in [4.69, 9.17) is 9.84 Å². The largest absolute Gasteiger partial charge is 0.388 e. The molecule has 24 heavy (non-hydrogen) atoms. The molecule has 0 amide bonds. The van der Waals surface area contributed by atoms with Crippen molar-refractivity contribution in [1.29, 1.82) is 0 Å². The number of aliphatic hydroxyl groups excluding tert-OH is 4. The molecule has 0 bridgehead atoms. The Balaban J connectivity index is 3.44. The van der Waals surface area contributed by atoms with Gasteiger partial charge in [-0.25, -0.2) is 0 Å². The molecule has 6 nitrogen and oxygen atoms in total. The van der Waals surface area contributed by atoms with Crippen molar-refractivity contribution in [2.45, 2.75) is 95.5 Å². The van der Waals surface area contributed by atoms with Crippen molar-refractivity contribution in [1.82, 2.24) is 0 Å². The fraction of sp³-hybridized carbons (Fsp3) is 0.944. The molecule has 0 aromatic rings. The lowest BCUT2D eigenvalue weighted by Gasteiger charge is -2.23.